The van der Waals surface area contributed by atoms with Gasteiger partial charge in [0.1, 0.15) is 5.60 Å². The Morgan fingerprint density at radius 3 is 2.62 bits per heavy atom. The fourth-order valence-corrected chi connectivity index (χ4v) is 3.48. The number of para-hydroxylation sites is 2. The largest absolute Gasteiger partial charge is 0.444 e. The van der Waals surface area contributed by atoms with Crippen molar-refractivity contribution < 1.29 is 9.53 Å². The summed E-state index contributed by atoms with van der Waals surface area (Å²) in [6.07, 6.45) is 1.64. The third-order valence-electron chi connectivity index (χ3n) is 4.36. The molecule has 0 aliphatic carbocycles. The van der Waals surface area contributed by atoms with E-state index in [4.69, 9.17) is 16.3 Å². The van der Waals surface area contributed by atoms with E-state index in [9.17, 15) is 4.79 Å². The molecule has 2 aromatic rings. The van der Waals surface area contributed by atoms with Crippen LogP contribution in [0.3, 0.4) is 0 Å². The molecule has 0 spiro atoms. The van der Waals surface area contributed by atoms with Crippen LogP contribution < -0.4 is 4.90 Å². The Morgan fingerprint density at radius 2 is 1.96 bits per heavy atom. The van der Waals surface area contributed by atoms with Crippen LogP contribution in [0.4, 0.5) is 10.6 Å². The highest BCUT2D eigenvalue weighted by atomic mass is 35.5. The Morgan fingerprint density at radius 1 is 1.31 bits per heavy atom. The van der Waals surface area contributed by atoms with Crippen molar-refractivity contribution in [2.75, 3.05) is 25.0 Å². The molecule has 1 aliphatic heterocycles. The van der Waals surface area contributed by atoms with Gasteiger partial charge in [0.25, 0.3) is 0 Å². The molecule has 0 saturated carbocycles. The second-order valence-electron chi connectivity index (χ2n) is 7.68. The summed E-state index contributed by atoms with van der Waals surface area (Å²) in [4.78, 5) is 25.3. The van der Waals surface area contributed by atoms with Crippen LogP contribution in [0.1, 0.15) is 33.6 Å². The summed E-state index contributed by atoms with van der Waals surface area (Å²) in [5, 5.41) is 0.369. The van der Waals surface area contributed by atoms with Crippen LogP contribution in [0.25, 0.3) is 11.0 Å². The van der Waals surface area contributed by atoms with Crippen LogP contribution in [0, 0.1) is 0 Å². The normalized spacial score (nSPS) is 17.6. The SMILES string of the molecule is CN(CC1CCCN1C(=O)OC(C)(C)C)c1nc2ccccc2nc1Cl. The van der Waals surface area contributed by atoms with Gasteiger partial charge in [0.2, 0.25) is 0 Å². The molecule has 1 atom stereocenters. The molecule has 1 aromatic heterocycles. The van der Waals surface area contributed by atoms with Crippen molar-refractivity contribution in [3.05, 3.63) is 29.4 Å². The van der Waals surface area contributed by atoms with Gasteiger partial charge in [-0.15, -0.1) is 0 Å². The molecule has 1 aliphatic rings. The van der Waals surface area contributed by atoms with E-state index in [1.165, 1.54) is 0 Å². The predicted octanol–water partition coefficient (Wildman–Crippen LogP) is 4.12. The molecular weight excluding hydrogens is 352 g/mol. The first-order valence-corrected chi connectivity index (χ1v) is 9.25. The van der Waals surface area contributed by atoms with Gasteiger partial charge in [-0.25, -0.2) is 14.8 Å². The fourth-order valence-electron chi connectivity index (χ4n) is 3.20. The molecule has 1 saturated heterocycles. The van der Waals surface area contributed by atoms with Gasteiger partial charge >= 0.3 is 6.09 Å². The topological polar surface area (TPSA) is 58.6 Å². The highest BCUT2D eigenvalue weighted by molar-refractivity contribution is 6.32. The van der Waals surface area contributed by atoms with E-state index in [1.54, 1.807) is 0 Å². The van der Waals surface area contributed by atoms with Gasteiger partial charge in [-0.3, -0.25) is 0 Å². The van der Waals surface area contributed by atoms with Crippen molar-refractivity contribution in [1.29, 1.82) is 0 Å². The van der Waals surface area contributed by atoms with E-state index in [0.717, 1.165) is 23.9 Å². The second-order valence-corrected chi connectivity index (χ2v) is 8.04. The van der Waals surface area contributed by atoms with Crippen molar-refractivity contribution in [1.82, 2.24) is 14.9 Å². The van der Waals surface area contributed by atoms with Crippen LogP contribution in [-0.2, 0) is 4.74 Å². The Labute approximate surface area is 159 Å². The Balaban J connectivity index is 1.75. The zero-order chi connectivity index (χ0) is 18.9. The minimum absolute atomic E-state index is 0.0687. The number of nitrogens with zero attached hydrogens (tertiary/aromatic N) is 4. The van der Waals surface area contributed by atoms with Gasteiger partial charge < -0.3 is 14.5 Å². The van der Waals surface area contributed by atoms with E-state index < -0.39 is 5.60 Å². The van der Waals surface area contributed by atoms with E-state index in [-0.39, 0.29) is 12.1 Å². The number of benzene rings is 1. The smallest absolute Gasteiger partial charge is 0.410 e. The lowest BCUT2D eigenvalue weighted by Crippen LogP contribution is -2.44. The summed E-state index contributed by atoms with van der Waals surface area (Å²) >= 11 is 6.35. The summed E-state index contributed by atoms with van der Waals surface area (Å²) in [5.41, 5.74) is 1.07. The molecule has 1 fully saturated rings. The van der Waals surface area contributed by atoms with Crippen LogP contribution in [-0.4, -0.2) is 52.7 Å². The molecule has 0 bridgehead atoms. The van der Waals surface area contributed by atoms with Gasteiger partial charge in [-0.1, -0.05) is 23.7 Å². The molecule has 26 heavy (non-hydrogen) atoms. The first kappa shape index (κ1) is 18.7. The number of rotatable bonds is 3. The molecule has 1 aromatic carbocycles. The molecule has 0 radical (unpaired) electrons. The lowest BCUT2D eigenvalue weighted by atomic mass is 10.2. The third kappa shape index (κ3) is 4.18. The minimum Gasteiger partial charge on any atom is -0.444 e. The Hall–Kier alpha value is -2.08. The van der Waals surface area contributed by atoms with Crippen molar-refractivity contribution >= 4 is 34.5 Å². The summed E-state index contributed by atoms with van der Waals surface area (Å²) in [5.74, 6) is 0.626. The lowest BCUT2D eigenvalue weighted by Gasteiger charge is -2.31. The van der Waals surface area contributed by atoms with E-state index in [2.05, 4.69) is 9.97 Å². The zero-order valence-electron chi connectivity index (χ0n) is 15.7. The molecule has 7 heteroatoms. The van der Waals surface area contributed by atoms with Crippen LogP contribution in [0.15, 0.2) is 24.3 Å². The monoisotopic (exact) mass is 376 g/mol. The maximum atomic E-state index is 12.5. The number of likely N-dealkylation sites (N-methyl/N-ethyl adjacent to an activating group) is 1. The van der Waals surface area contributed by atoms with Gasteiger partial charge in [0.05, 0.1) is 17.1 Å². The van der Waals surface area contributed by atoms with Crippen molar-refractivity contribution in [2.24, 2.45) is 0 Å². The van der Waals surface area contributed by atoms with Gasteiger partial charge in [-0.2, -0.15) is 0 Å². The summed E-state index contributed by atoms with van der Waals surface area (Å²) in [6, 6.07) is 7.71. The molecule has 140 valence electrons. The number of aromatic nitrogens is 2. The van der Waals surface area contributed by atoms with Crippen molar-refractivity contribution in [2.45, 2.75) is 45.3 Å². The van der Waals surface area contributed by atoms with Crippen molar-refractivity contribution in [3.63, 3.8) is 0 Å². The number of carbonyl (C=O) groups excluding carboxylic acids is 1. The van der Waals surface area contributed by atoms with Crippen LogP contribution in [0.2, 0.25) is 5.15 Å². The highest BCUT2D eigenvalue weighted by Crippen LogP contribution is 2.27. The zero-order valence-corrected chi connectivity index (χ0v) is 16.5. The van der Waals surface area contributed by atoms with Crippen molar-refractivity contribution in [3.8, 4) is 0 Å². The average Bonchev–Trinajstić information content (AvgIpc) is 3.00. The van der Waals surface area contributed by atoms with Gasteiger partial charge in [0.15, 0.2) is 11.0 Å². The van der Waals surface area contributed by atoms with Gasteiger partial charge in [0, 0.05) is 20.1 Å². The summed E-state index contributed by atoms with van der Waals surface area (Å²) in [7, 11) is 1.93. The predicted molar refractivity (Wildman–Crippen MR) is 104 cm³/mol. The molecule has 2 heterocycles. The molecule has 3 rings (SSSR count). The first-order chi connectivity index (χ1) is 12.2. The van der Waals surface area contributed by atoms with Crippen LogP contribution >= 0.6 is 11.6 Å². The number of amides is 1. The quantitative estimate of drug-likeness (QED) is 0.806. The average molecular weight is 377 g/mol. The molecule has 0 N–H and O–H groups in total. The number of carbonyl (C=O) groups is 1. The lowest BCUT2D eigenvalue weighted by molar-refractivity contribution is 0.0232. The maximum Gasteiger partial charge on any atom is 0.410 e. The van der Waals surface area contributed by atoms with E-state index in [0.29, 0.717) is 24.1 Å². The van der Waals surface area contributed by atoms with Crippen LogP contribution in [0.5, 0.6) is 0 Å². The molecular formula is C19H25ClN4O2. The summed E-state index contributed by atoms with van der Waals surface area (Å²) < 4.78 is 5.53. The number of ether oxygens (including phenoxy) is 1. The fraction of sp³-hybridized carbons (Fsp3) is 0.526. The number of fused-ring (bicyclic) bond motifs is 1. The van der Waals surface area contributed by atoms with E-state index >= 15 is 0 Å². The number of halogens is 1. The summed E-state index contributed by atoms with van der Waals surface area (Å²) in [6.45, 7) is 6.99. The standard InChI is InChI=1S/C19H25ClN4O2/c1-19(2,3)26-18(25)24-11-7-8-13(24)12-23(4)17-16(20)21-14-9-5-6-10-15(14)22-17/h5-6,9-10,13H,7-8,11-12H2,1-4H3. The highest BCUT2D eigenvalue weighted by Gasteiger charge is 2.33. The minimum atomic E-state index is -0.497. The van der Waals surface area contributed by atoms with Gasteiger partial charge in [-0.05, 0) is 45.7 Å². The second kappa shape index (κ2) is 7.27. The van der Waals surface area contributed by atoms with E-state index in [1.807, 2.05) is 61.9 Å². The first-order valence-electron chi connectivity index (χ1n) is 8.87. The maximum absolute atomic E-state index is 12.5. The Bertz CT molecular complexity index is 806. The molecule has 1 amide bonds. The molecule has 6 nitrogen and oxygen atoms in total. The Kier molecular flexibility index (Phi) is 5.23. The number of likely N-dealkylation sites (tertiary alicyclic amines) is 1. The third-order valence-corrected chi connectivity index (χ3v) is 4.62. The number of anilines is 1. The molecule has 1 unspecified atom stereocenters. The number of hydrogen-bond donors (Lipinski definition) is 0. The number of hydrogen-bond acceptors (Lipinski definition) is 5.